The second kappa shape index (κ2) is 5.43. The Kier molecular flexibility index (Phi) is 4.23. The van der Waals surface area contributed by atoms with Crippen LogP contribution in [0.3, 0.4) is 0 Å². The van der Waals surface area contributed by atoms with Gasteiger partial charge in [0, 0.05) is 0 Å². The monoisotopic (exact) mass is 288 g/mol. The van der Waals surface area contributed by atoms with Crippen LogP contribution in [0.2, 0.25) is 0 Å². The fourth-order valence-electron chi connectivity index (χ4n) is 3.35. The molecule has 4 nitrogen and oxygen atoms in total. The van der Waals surface area contributed by atoms with Gasteiger partial charge in [-0.05, 0) is 37.0 Å². The first-order valence-electron chi connectivity index (χ1n) is 7.30. The van der Waals surface area contributed by atoms with E-state index in [0.717, 1.165) is 44.9 Å². The molecule has 2 rings (SSSR count). The van der Waals surface area contributed by atoms with Gasteiger partial charge in [0.15, 0.2) is 9.84 Å². The molecule has 5 heteroatoms. The lowest BCUT2D eigenvalue weighted by Crippen LogP contribution is -2.33. The van der Waals surface area contributed by atoms with Crippen LogP contribution in [0.4, 0.5) is 0 Å². The molecule has 0 bridgehead atoms. The molecule has 110 valence electrons. The lowest BCUT2D eigenvalue weighted by Gasteiger charge is -2.29. The Hall–Kier alpha value is -0.580. The summed E-state index contributed by atoms with van der Waals surface area (Å²) in [5, 5.41) is 8.66. The molecule has 2 saturated carbocycles. The normalized spacial score (nSPS) is 29.9. The fraction of sp³-hybridized carbons (Fsp3) is 0.929. The van der Waals surface area contributed by atoms with Crippen LogP contribution in [0, 0.1) is 11.3 Å². The molecule has 0 heterocycles. The van der Waals surface area contributed by atoms with E-state index in [4.69, 9.17) is 5.11 Å². The van der Waals surface area contributed by atoms with Crippen molar-refractivity contribution >= 4 is 15.8 Å². The predicted octanol–water partition coefficient (Wildman–Crippen LogP) is 2.62. The number of rotatable bonds is 6. The summed E-state index contributed by atoms with van der Waals surface area (Å²) in [6.07, 6.45) is 6.24. The van der Waals surface area contributed by atoms with Gasteiger partial charge in [0.25, 0.3) is 0 Å². The maximum absolute atomic E-state index is 12.5. The fourth-order valence-corrected chi connectivity index (χ4v) is 5.92. The molecule has 0 aromatic heterocycles. The maximum atomic E-state index is 12.5. The summed E-state index contributed by atoms with van der Waals surface area (Å²) >= 11 is 0. The van der Waals surface area contributed by atoms with Gasteiger partial charge in [-0.1, -0.05) is 26.2 Å². The highest BCUT2D eigenvalue weighted by Gasteiger charge is 2.49. The van der Waals surface area contributed by atoms with Crippen molar-refractivity contribution in [3.63, 3.8) is 0 Å². The van der Waals surface area contributed by atoms with E-state index < -0.39 is 21.2 Å². The summed E-state index contributed by atoms with van der Waals surface area (Å²) in [4.78, 5) is 10.8. The standard InChI is InChI=1S/C14H24O4S/c1-2-11-4-3-5-12(8-11)19(17,18)10-14(6-7-14)9-13(15)16/h11-12H,2-10H2,1H3,(H,15,16). The number of hydrogen-bond acceptors (Lipinski definition) is 3. The molecule has 1 N–H and O–H groups in total. The van der Waals surface area contributed by atoms with Crippen molar-refractivity contribution in [2.75, 3.05) is 5.75 Å². The number of aliphatic carboxylic acids is 1. The second-order valence-corrected chi connectivity index (χ2v) is 8.72. The average Bonchev–Trinajstić information content (AvgIpc) is 3.06. The summed E-state index contributed by atoms with van der Waals surface area (Å²) in [6.45, 7) is 2.12. The zero-order valence-electron chi connectivity index (χ0n) is 11.6. The predicted molar refractivity (Wildman–Crippen MR) is 73.7 cm³/mol. The van der Waals surface area contributed by atoms with Crippen molar-refractivity contribution in [3.05, 3.63) is 0 Å². The van der Waals surface area contributed by atoms with E-state index >= 15 is 0 Å². The molecule has 0 aliphatic heterocycles. The Labute approximate surface area is 115 Å². The van der Waals surface area contributed by atoms with Crippen LogP contribution in [-0.2, 0) is 14.6 Å². The molecular weight excluding hydrogens is 264 g/mol. The first-order chi connectivity index (χ1) is 8.87. The summed E-state index contributed by atoms with van der Waals surface area (Å²) < 4.78 is 25.0. The molecule has 0 aromatic carbocycles. The summed E-state index contributed by atoms with van der Waals surface area (Å²) in [6, 6.07) is 0. The molecule has 0 amide bonds. The van der Waals surface area contributed by atoms with E-state index in [1.165, 1.54) is 0 Å². The number of hydrogen-bond donors (Lipinski definition) is 1. The van der Waals surface area contributed by atoms with Crippen LogP contribution in [0.15, 0.2) is 0 Å². The van der Waals surface area contributed by atoms with Gasteiger partial charge in [-0.25, -0.2) is 8.42 Å². The molecule has 2 unspecified atom stereocenters. The van der Waals surface area contributed by atoms with Crippen molar-refractivity contribution in [1.29, 1.82) is 0 Å². The molecular formula is C14H24O4S. The number of carboxylic acids is 1. The zero-order valence-corrected chi connectivity index (χ0v) is 12.4. The van der Waals surface area contributed by atoms with Gasteiger partial charge in [-0.15, -0.1) is 0 Å². The van der Waals surface area contributed by atoms with E-state index in [0.29, 0.717) is 5.92 Å². The van der Waals surface area contributed by atoms with Gasteiger partial charge in [-0.3, -0.25) is 4.79 Å². The minimum atomic E-state index is -3.13. The van der Waals surface area contributed by atoms with Crippen LogP contribution in [0.25, 0.3) is 0 Å². The molecule has 2 fully saturated rings. The van der Waals surface area contributed by atoms with E-state index in [1.54, 1.807) is 0 Å². The third kappa shape index (κ3) is 3.71. The van der Waals surface area contributed by atoms with Crippen molar-refractivity contribution in [3.8, 4) is 0 Å². The van der Waals surface area contributed by atoms with Gasteiger partial charge in [0.05, 0.1) is 17.4 Å². The molecule has 0 radical (unpaired) electrons. The quantitative estimate of drug-likeness (QED) is 0.815. The van der Waals surface area contributed by atoms with Gasteiger partial charge < -0.3 is 5.11 Å². The molecule has 19 heavy (non-hydrogen) atoms. The van der Waals surface area contributed by atoms with Crippen molar-refractivity contribution < 1.29 is 18.3 Å². The molecule has 0 aromatic rings. The number of sulfone groups is 1. The van der Waals surface area contributed by atoms with Crippen LogP contribution in [0.1, 0.15) is 58.3 Å². The molecule has 0 saturated heterocycles. The first-order valence-corrected chi connectivity index (χ1v) is 9.02. The Morgan fingerprint density at radius 3 is 2.53 bits per heavy atom. The topological polar surface area (TPSA) is 71.4 Å². The minimum absolute atomic E-state index is 0.0101. The summed E-state index contributed by atoms with van der Waals surface area (Å²) in [7, 11) is -3.13. The highest BCUT2D eigenvalue weighted by molar-refractivity contribution is 7.92. The lowest BCUT2D eigenvalue weighted by molar-refractivity contribution is -0.138. The van der Waals surface area contributed by atoms with E-state index in [2.05, 4.69) is 6.92 Å². The summed E-state index contributed by atoms with van der Waals surface area (Å²) in [5.41, 5.74) is -0.441. The average molecular weight is 288 g/mol. The Balaban J connectivity index is 2.00. The smallest absolute Gasteiger partial charge is 0.303 e. The Morgan fingerprint density at radius 2 is 2.00 bits per heavy atom. The molecule has 2 atom stereocenters. The number of carboxylic acid groups (broad SMARTS) is 1. The van der Waals surface area contributed by atoms with E-state index in [1.807, 2.05) is 0 Å². The van der Waals surface area contributed by atoms with Crippen LogP contribution in [0.5, 0.6) is 0 Å². The third-order valence-corrected chi connectivity index (χ3v) is 7.27. The third-order valence-electron chi connectivity index (χ3n) is 4.81. The molecule has 2 aliphatic carbocycles. The SMILES string of the molecule is CCC1CCCC(S(=O)(=O)CC2(CC(=O)O)CC2)C1. The minimum Gasteiger partial charge on any atom is -0.481 e. The highest BCUT2D eigenvalue weighted by Crippen LogP contribution is 2.50. The van der Waals surface area contributed by atoms with E-state index in [9.17, 15) is 13.2 Å². The van der Waals surface area contributed by atoms with Crippen molar-refractivity contribution in [2.45, 2.75) is 63.5 Å². The lowest BCUT2D eigenvalue weighted by atomic mass is 9.87. The van der Waals surface area contributed by atoms with Crippen LogP contribution in [-0.4, -0.2) is 30.5 Å². The van der Waals surface area contributed by atoms with Crippen molar-refractivity contribution in [1.82, 2.24) is 0 Å². The zero-order chi connectivity index (χ0) is 14.1. The van der Waals surface area contributed by atoms with Crippen LogP contribution < -0.4 is 0 Å². The van der Waals surface area contributed by atoms with Crippen molar-refractivity contribution in [2.24, 2.45) is 11.3 Å². The Bertz CT molecular complexity index is 436. The molecule has 0 spiro atoms. The first kappa shape index (κ1) is 14.8. The molecule has 2 aliphatic rings. The second-order valence-electron chi connectivity index (χ2n) is 6.44. The van der Waals surface area contributed by atoms with Gasteiger partial charge >= 0.3 is 5.97 Å². The Morgan fingerprint density at radius 1 is 1.32 bits per heavy atom. The largest absolute Gasteiger partial charge is 0.481 e. The van der Waals surface area contributed by atoms with Gasteiger partial charge in [0.2, 0.25) is 0 Å². The van der Waals surface area contributed by atoms with Crippen LogP contribution >= 0.6 is 0 Å². The number of carbonyl (C=O) groups is 1. The highest BCUT2D eigenvalue weighted by atomic mass is 32.2. The van der Waals surface area contributed by atoms with E-state index in [-0.39, 0.29) is 17.4 Å². The van der Waals surface area contributed by atoms with Gasteiger partial charge in [-0.2, -0.15) is 0 Å². The van der Waals surface area contributed by atoms with Gasteiger partial charge in [0.1, 0.15) is 0 Å². The maximum Gasteiger partial charge on any atom is 0.303 e. The summed E-state index contributed by atoms with van der Waals surface area (Å²) in [5.74, 6) is -0.251.